The van der Waals surface area contributed by atoms with Crippen molar-refractivity contribution in [3.05, 3.63) is 46.9 Å². The molecule has 0 radical (unpaired) electrons. The van der Waals surface area contributed by atoms with Crippen molar-refractivity contribution < 1.29 is 8.91 Å². The fourth-order valence-electron chi connectivity index (χ4n) is 1.58. The fourth-order valence-corrected chi connectivity index (χ4v) is 1.58. The normalized spacial score (nSPS) is 10.8. The summed E-state index contributed by atoms with van der Waals surface area (Å²) in [5, 5.41) is 6.96. The van der Waals surface area contributed by atoms with E-state index in [0.29, 0.717) is 24.8 Å². The average Bonchev–Trinajstić information content (AvgIpc) is 2.68. The molecule has 0 amide bonds. The van der Waals surface area contributed by atoms with E-state index in [4.69, 9.17) is 4.52 Å². The lowest BCUT2D eigenvalue weighted by atomic mass is 10.1. The molecule has 4 nitrogen and oxygen atoms in total. The third-order valence-electron chi connectivity index (χ3n) is 2.47. The standard InChI is InChI=1S/C12H14FN3O/c1-8-5-11(13)4-3-10(8)6-14-7-12-15-9(2)17-16-12/h3-5,14H,6-7H2,1-2H3. The molecule has 0 bridgehead atoms. The minimum Gasteiger partial charge on any atom is -0.340 e. The third kappa shape index (κ3) is 3.10. The van der Waals surface area contributed by atoms with Gasteiger partial charge < -0.3 is 9.84 Å². The first kappa shape index (κ1) is 11.7. The van der Waals surface area contributed by atoms with Crippen molar-refractivity contribution in [2.45, 2.75) is 26.9 Å². The van der Waals surface area contributed by atoms with Gasteiger partial charge in [-0.05, 0) is 30.2 Å². The second-order valence-electron chi connectivity index (χ2n) is 3.90. The number of hydrogen-bond acceptors (Lipinski definition) is 4. The summed E-state index contributed by atoms with van der Waals surface area (Å²) in [6.45, 7) is 4.83. The maximum absolute atomic E-state index is 12.9. The Hall–Kier alpha value is -1.75. The number of aromatic nitrogens is 2. The zero-order valence-corrected chi connectivity index (χ0v) is 9.83. The van der Waals surface area contributed by atoms with Gasteiger partial charge in [-0.2, -0.15) is 4.98 Å². The van der Waals surface area contributed by atoms with Crippen LogP contribution in [0, 0.1) is 19.7 Å². The lowest BCUT2D eigenvalue weighted by molar-refractivity contribution is 0.385. The Balaban J connectivity index is 1.90. The Morgan fingerprint density at radius 3 is 2.76 bits per heavy atom. The van der Waals surface area contributed by atoms with Crippen LogP contribution >= 0.6 is 0 Å². The molecule has 2 rings (SSSR count). The molecule has 0 saturated heterocycles. The summed E-state index contributed by atoms with van der Waals surface area (Å²) in [5.41, 5.74) is 1.99. The van der Waals surface area contributed by atoms with Gasteiger partial charge in [0.05, 0.1) is 6.54 Å². The molecule has 0 fully saturated rings. The molecular formula is C12H14FN3O. The Labute approximate surface area is 98.8 Å². The second-order valence-corrected chi connectivity index (χ2v) is 3.90. The highest BCUT2D eigenvalue weighted by Gasteiger charge is 2.03. The van der Waals surface area contributed by atoms with Gasteiger partial charge >= 0.3 is 0 Å². The molecule has 1 heterocycles. The van der Waals surface area contributed by atoms with Crippen LogP contribution in [0.15, 0.2) is 22.7 Å². The minimum absolute atomic E-state index is 0.208. The number of nitrogens with zero attached hydrogens (tertiary/aromatic N) is 2. The molecule has 0 saturated carbocycles. The summed E-state index contributed by atoms with van der Waals surface area (Å²) in [7, 11) is 0. The van der Waals surface area contributed by atoms with E-state index < -0.39 is 0 Å². The SMILES string of the molecule is Cc1nc(CNCc2ccc(F)cc2C)no1. The minimum atomic E-state index is -0.208. The summed E-state index contributed by atoms with van der Waals surface area (Å²) in [5.74, 6) is 0.974. The van der Waals surface area contributed by atoms with Crippen LogP contribution in [0.5, 0.6) is 0 Å². The summed E-state index contributed by atoms with van der Waals surface area (Å²) in [4.78, 5) is 4.08. The smallest absolute Gasteiger partial charge is 0.223 e. The van der Waals surface area contributed by atoms with Crippen LogP contribution in [0.4, 0.5) is 4.39 Å². The summed E-state index contributed by atoms with van der Waals surface area (Å²) in [6, 6.07) is 4.76. The van der Waals surface area contributed by atoms with Gasteiger partial charge in [-0.25, -0.2) is 4.39 Å². The third-order valence-corrected chi connectivity index (χ3v) is 2.47. The number of halogens is 1. The van der Waals surface area contributed by atoms with Crippen LogP contribution in [0.1, 0.15) is 22.8 Å². The summed E-state index contributed by atoms with van der Waals surface area (Å²) >= 11 is 0. The van der Waals surface area contributed by atoms with E-state index in [-0.39, 0.29) is 5.82 Å². The maximum Gasteiger partial charge on any atom is 0.223 e. The molecule has 17 heavy (non-hydrogen) atoms. The number of aryl methyl sites for hydroxylation is 2. The van der Waals surface area contributed by atoms with Gasteiger partial charge in [-0.15, -0.1) is 0 Å². The van der Waals surface area contributed by atoms with E-state index in [9.17, 15) is 4.39 Å². The zero-order chi connectivity index (χ0) is 12.3. The lowest BCUT2D eigenvalue weighted by Gasteiger charge is -2.06. The van der Waals surface area contributed by atoms with E-state index in [0.717, 1.165) is 11.1 Å². The van der Waals surface area contributed by atoms with E-state index >= 15 is 0 Å². The van der Waals surface area contributed by atoms with Crippen molar-refractivity contribution in [2.24, 2.45) is 0 Å². The average molecular weight is 235 g/mol. The largest absolute Gasteiger partial charge is 0.340 e. The van der Waals surface area contributed by atoms with Gasteiger partial charge in [-0.1, -0.05) is 11.2 Å². The van der Waals surface area contributed by atoms with Crippen LogP contribution < -0.4 is 5.32 Å². The Morgan fingerprint density at radius 2 is 2.12 bits per heavy atom. The molecule has 0 unspecified atom stereocenters. The highest BCUT2D eigenvalue weighted by molar-refractivity contribution is 5.26. The van der Waals surface area contributed by atoms with Crippen molar-refractivity contribution in [3.8, 4) is 0 Å². The summed E-state index contributed by atoms with van der Waals surface area (Å²) < 4.78 is 17.7. The number of benzene rings is 1. The van der Waals surface area contributed by atoms with Crippen LogP contribution in [0.25, 0.3) is 0 Å². The first-order chi connectivity index (χ1) is 8.15. The van der Waals surface area contributed by atoms with Crippen LogP contribution in [0.2, 0.25) is 0 Å². The molecule has 0 aliphatic heterocycles. The molecule has 1 N–H and O–H groups in total. The van der Waals surface area contributed by atoms with Gasteiger partial charge in [0.2, 0.25) is 5.89 Å². The zero-order valence-electron chi connectivity index (χ0n) is 9.83. The van der Waals surface area contributed by atoms with Crippen LogP contribution in [-0.2, 0) is 13.1 Å². The summed E-state index contributed by atoms with van der Waals surface area (Å²) in [6.07, 6.45) is 0. The molecule has 0 aliphatic rings. The first-order valence-corrected chi connectivity index (χ1v) is 5.40. The molecule has 90 valence electrons. The maximum atomic E-state index is 12.9. The highest BCUT2D eigenvalue weighted by atomic mass is 19.1. The van der Waals surface area contributed by atoms with Crippen molar-refractivity contribution in [2.75, 3.05) is 0 Å². The van der Waals surface area contributed by atoms with Crippen molar-refractivity contribution in [3.63, 3.8) is 0 Å². The molecule has 2 aromatic rings. The molecule has 5 heteroatoms. The first-order valence-electron chi connectivity index (χ1n) is 5.40. The topological polar surface area (TPSA) is 51.0 Å². The van der Waals surface area contributed by atoms with E-state index in [1.165, 1.54) is 12.1 Å². The Bertz CT molecular complexity index is 510. The van der Waals surface area contributed by atoms with Gasteiger partial charge in [0, 0.05) is 13.5 Å². The molecule has 0 atom stereocenters. The van der Waals surface area contributed by atoms with Gasteiger partial charge in [0.25, 0.3) is 0 Å². The molecule has 0 spiro atoms. The van der Waals surface area contributed by atoms with Crippen molar-refractivity contribution >= 4 is 0 Å². The molecular weight excluding hydrogens is 221 g/mol. The van der Waals surface area contributed by atoms with Crippen LogP contribution in [0.3, 0.4) is 0 Å². The number of nitrogens with one attached hydrogen (secondary N) is 1. The number of hydrogen-bond donors (Lipinski definition) is 1. The molecule has 1 aromatic carbocycles. The van der Waals surface area contributed by atoms with Crippen molar-refractivity contribution in [1.29, 1.82) is 0 Å². The van der Waals surface area contributed by atoms with Crippen molar-refractivity contribution in [1.82, 2.24) is 15.5 Å². The van der Waals surface area contributed by atoms with Gasteiger partial charge in [0.1, 0.15) is 5.82 Å². The quantitative estimate of drug-likeness (QED) is 0.881. The fraction of sp³-hybridized carbons (Fsp3) is 0.333. The van der Waals surface area contributed by atoms with Gasteiger partial charge in [-0.3, -0.25) is 0 Å². The van der Waals surface area contributed by atoms with E-state index in [1.54, 1.807) is 13.0 Å². The molecule has 1 aromatic heterocycles. The van der Waals surface area contributed by atoms with Crippen LogP contribution in [-0.4, -0.2) is 10.1 Å². The highest BCUT2D eigenvalue weighted by Crippen LogP contribution is 2.09. The van der Waals surface area contributed by atoms with E-state index in [1.807, 2.05) is 6.92 Å². The molecule has 0 aliphatic carbocycles. The predicted molar refractivity (Wildman–Crippen MR) is 60.7 cm³/mol. The Kier molecular flexibility index (Phi) is 3.49. The lowest BCUT2D eigenvalue weighted by Crippen LogP contribution is -2.14. The second kappa shape index (κ2) is 5.05. The monoisotopic (exact) mass is 235 g/mol. The van der Waals surface area contributed by atoms with Gasteiger partial charge in [0.15, 0.2) is 5.82 Å². The van der Waals surface area contributed by atoms with E-state index in [2.05, 4.69) is 15.5 Å². The Morgan fingerprint density at radius 1 is 1.29 bits per heavy atom. The number of rotatable bonds is 4. The predicted octanol–water partition coefficient (Wildman–Crippen LogP) is 2.12.